The van der Waals surface area contributed by atoms with Crippen LogP contribution in [0.25, 0.3) is 11.1 Å². The molecule has 0 aliphatic carbocycles. The lowest BCUT2D eigenvalue weighted by Gasteiger charge is -2.35. The molecule has 5 fully saturated rings. The fourth-order valence-electron chi connectivity index (χ4n) is 17.9. The maximum Gasteiger partial charge on any atom is 0.243 e. The number of nitrogens with zero attached hydrogens (tertiary/aromatic N) is 5. The molecule has 0 radical (unpaired) electrons. The van der Waals surface area contributed by atoms with Gasteiger partial charge in [0, 0.05) is 81.0 Å². The predicted molar refractivity (Wildman–Crippen MR) is 540 cm³/mol. The number of aliphatic hydroxyl groups excluding tert-OH is 5. The van der Waals surface area contributed by atoms with E-state index in [4.69, 9.17) is 0 Å². The van der Waals surface area contributed by atoms with Gasteiger partial charge < -0.3 is 103 Å². The molecule has 1 aromatic heterocycles. The first-order valence-electron chi connectivity index (χ1n) is 48.4. The van der Waals surface area contributed by atoms with Crippen molar-refractivity contribution in [2.45, 2.75) is 338 Å². The minimum atomic E-state index is -1.01. The van der Waals surface area contributed by atoms with Crippen LogP contribution in [0, 0.1) is 34.0 Å². The molecular weight excluding hydrogens is 1810 g/mol. The lowest BCUT2D eigenvalue weighted by molar-refractivity contribution is -0.143. The number of thiophene rings is 1. The number of Topliss-reactive ketones (excluding diaryl/α,β-unsaturated/α-hetero) is 5. The highest BCUT2D eigenvalue weighted by Crippen LogP contribution is 2.34. The molecule has 5 saturated heterocycles. The number of likely N-dealkylation sites (tertiary alicyclic amines) is 5. The first kappa shape index (κ1) is 120. The number of aryl methyl sites for hydroxylation is 1. The van der Waals surface area contributed by atoms with E-state index in [1.807, 2.05) is 208 Å². The second-order valence-electron chi connectivity index (χ2n) is 43.6. The van der Waals surface area contributed by atoms with Crippen molar-refractivity contribution in [2.24, 2.45) is 27.1 Å². The highest BCUT2D eigenvalue weighted by molar-refractivity contribution is 7.11. The Bertz CT molecular complexity index is 4870. The van der Waals surface area contributed by atoms with Crippen LogP contribution in [0.2, 0.25) is 0 Å². The van der Waals surface area contributed by atoms with Gasteiger partial charge in [0.15, 0.2) is 28.9 Å². The van der Waals surface area contributed by atoms with Crippen LogP contribution in [-0.4, -0.2) is 327 Å². The SMILES string of the molecule is CN[C@H](C(=O)N1C[C@H](O)C[C@H]1C(=O)NC(C)(C)C(C)=O)C(C)(C)C.CN[C@H](C(=O)N1C[C@H](O)C[C@H]1C(=O)N[C@H](C)C(C)=O)C(C)(C)C.CN[C@H](C(=O)N1C[C@H](O)C[C@H]1C(=O)N[C@H](Cc1ccc(-c2ccccc2)cc1)C(C)=O)C(C)(C)C.CN[C@H](C(=O)N1C[C@H](O)C[C@H]1C(=O)N[C@H](Cc1ccc(C)s1)C(C)=O)C(C)(C)C.CN[C@H](C(=O)N1C[C@H](O)C[C@H]1C(=O)N[C@H](Cc1ccccc1)C(C)=O)C(C)(C)C. The van der Waals surface area contributed by atoms with E-state index in [0.29, 0.717) is 19.3 Å². The zero-order valence-corrected chi connectivity index (χ0v) is 88.7. The van der Waals surface area contributed by atoms with E-state index in [1.54, 1.807) is 67.3 Å². The zero-order valence-electron chi connectivity index (χ0n) is 87.9. The molecule has 3 aromatic carbocycles. The van der Waals surface area contributed by atoms with E-state index in [9.17, 15) is 97.5 Å². The van der Waals surface area contributed by atoms with Crippen molar-refractivity contribution >= 4 is 99.3 Å². The number of amides is 10. The number of carbonyl (C=O) groups excluding carboxylic acids is 15. The Balaban J connectivity index is 0.000000311. The summed E-state index contributed by atoms with van der Waals surface area (Å²) in [5, 5.41) is 79.3. The minimum Gasteiger partial charge on any atom is -0.391 e. The van der Waals surface area contributed by atoms with Crippen molar-refractivity contribution in [3.05, 3.63) is 118 Å². The predicted octanol–water partition coefficient (Wildman–Crippen LogP) is 4.48. The Morgan fingerprint density at radius 1 is 0.329 bits per heavy atom. The Hall–Kier alpha value is -9.99. The maximum absolute atomic E-state index is 13.2. The maximum atomic E-state index is 13.2. The summed E-state index contributed by atoms with van der Waals surface area (Å²) >= 11 is 1.59. The normalized spacial score (nSPS) is 21.8. The largest absolute Gasteiger partial charge is 0.391 e. The molecule has 35 nitrogen and oxygen atoms in total. The van der Waals surface area contributed by atoms with E-state index in [1.165, 1.54) is 59.1 Å². The summed E-state index contributed by atoms with van der Waals surface area (Å²) in [6.07, 6.45) is -1.81. The smallest absolute Gasteiger partial charge is 0.243 e. The fourth-order valence-corrected chi connectivity index (χ4v) is 18.9. The van der Waals surface area contributed by atoms with Crippen LogP contribution in [-0.2, 0) is 91.2 Å². The Morgan fingerprint density at radius 2 is 0.579 bits per heavy atom. The lowest BCUT2D eigenvalue weighted by atomic mass is 9.85. The van der Waals surface area contributed by atoms with Crippen LogP contribution in [0.3, 0.4) is 0 Å². The van der Waals surface area contributed by atoms with Crippen molar-refractivity contribution in [1.82, 2.24) is 77.7 Å². The third-order valence-corrected chi connectivity index (χ3v) is 27.0. The summed E-state index contributed by atoms with van der Waals surface area (Å²) in [4.78, 5) is 198. The monoisotopic (exact) mass is 1970 g/mol. The molecule has 0 saturated carbocycles. The van der Waals surface area contributed by atoms with Crippen molar-refractivity contribution in [3.8, 4) is 11.1 Å². The van der Waals surface area contributed by atoms with Gasteiger partial charge in [-0.15, -0.1) is 11.3 Å². The van der Waals surface area contributed by atoms with Crippen LogP contribution in [0.4, 0.5) is 0 Å². The van der Waals surface area contributed by atoms with E-state index >= 15 is 0 Å². The first-order valence-corrected chi connectivity index (χ1v) is 49.2. The number of rotatable bonds is 32. The van der Waals surface area contributed by atoms with Gasteiger partial charge in [-0.25, -0.2) is 0 Å². The molecule has 4 aromatic rings. The van der Waals surface area contributed by atoms with Gasteiger partial charge >= 0.3 is 0 Å². The number of benzene rings is 3. The molecule has 6 heterocycles. The third-order valence-electron chi connectivity index (χ3n) is 26.0. The number of hydrogen-bond acceptors (Lipinski definition) is 26. The second-order valence-corrected chi connectivity index (χ2v) is 45.0. The van der Waals surface area contributed by atoms with Crippen LogP contribution in [0.1, 0.15) is 212 Å². The third kappa shape index (κ3) is 34.7. The van der Waals surface area contributed by atoms with Gasteiger partial charge in [0.2, 0.25) is 59.1 Å². The molecule has 780 valence electrons. The average molecular weight is 1980 g/mol. The number of aliphatic hydroxyl groups is 5. The molecule has 5 aliphatic heterocycles. The number of β-amino-alcohol motifs (C(OH)–C–C–N with tert-alkyl or cyclic N) is 5. The Labute approximate surface area is 832 Å². The summed E-state index contributed by atoms with van der Waals surface area (Å²) in [5.74, 6) is -3.92. The number of hydrogen-bond donors (Lipinski definition) is 15. The standard InChI is InChI=1S/C28H37N3O4.C22H33N3O4.C21H33N3O4S.C17H31N3O4.C16H29N3O4/c1-18(32)23(15-19-11-13-21(14-12-19)20-9-7-6-8-10-20)30-26(34)24-16-22(33)17-31(24)27(35)25(29-5)28(2,3)4;1-14(26)17(11-15-9-7-6-8-10-15)24-20(28)18-12-16(27)13-25(18)21(29)19(23-5)22(2,3)4;1-12-7-8-15(29-12)10-16(13(2)25)23-19(27)17-9-14(26)11-24(17)20(28)18(22-6)21(3,4)5;1-10(21)17(5,6)19-14(23)12-8-11(22)9-20(12)15(24)13(18-7)16(2,3)4;1-9(10(2)20)18-14(22)12-7-11(21)8-19(12)15(23)13(17-6)16(3,4)5/h6-14,22-25,29,33H,15-17H2,1-5H3,(H,30,34);6-10,16-19,23,27H,11-13H2,1-5H3,(H,24,28);7-8,14,16-18,22,26H,9-11H2,1-6H3,(H,23,27);11-13,18,22H,8-9H2,1-7H3,(H,19,23);9,11-13,17,21H,7-8H2,1-6H3,(H,18,22)/t22-,23-,24+,25-;16-,17-,18+,19-;14-,16-,17+,18-;11-,12+,13-;9-,11-,12+,13-/m11111/s1. The number of nitrogens with one attached hydrogen (secondary N) is 10. The minimum absolute atomic E-state index is 0.0941. The Morgan fingerprint density at radius 3 is 0.821 bits per heavy atom. The molecule has 140 heavy (non-hydrogen) atoms. The van der Waals surface area contributed by atoms with Gasteiger partial charge in [0.05, 0.1) is 90.4 Å². The van der Waals surface area contributed by atoms with Gasteiger partial charge in [-0.3, -0.25) is 71.9 Å². The van der Waals surface area contributed by atoms with E-state index < -0.39 is 150 Å². The molecule has 0 unspecified atom stereocenters. The van der Waals surface area contributed by atoms with Gasteiger partial charge in [-0.1, -0.05) is 189 Å². The quantitative estimate of drug-likeness (QED) is 0.0320. The molecule has 19 atom stereocenters. The highest BCUT2D eigenvalue weighted by Gasteiger charge is 2.51. The summed E-state index contributed by atoms with van der Waals surface area (Å²) in [6.45, 7) is 43.7. The highest BCUT2D eigenvalue weighted by atomic mass is 32.1. The van der Waals surface area contributed by atoms with Gasteiger partial charge in [-0.2, -0.15) is 0 Å². The number of carbonyl (C=O) groups is 15. The average Bonchev–Trinajstić information content (AvgIpc) is 1.64. The fraction of sp³-hybridized carbons (Fsp3) is 0.644. The summed E-state index contributed by atoms with van der Waals surface area (Å²) in [7, 11) is 8.54. The zero-order chi connectivity index (χ0) is 106. The van der Waals surface area contributed by atoms with E-state index in [-0.39, 0.29) is 150 Å². The van der Waals surface area contributed by atoms with Crippen LogP contribution >= 0.6 is 11.3 Å². The van der Waals surface area contributed by atoms with Crippen LogP contribution in [0.5, 0.6) is 0 Å². The summed E-state index contributed by atoms with van der Waals surface area (Å²) in [6, 6.07) is 22.3. The van der Waals surface area contributed by atoms with Gasteiger partial charge in [0.1, 0.15) is 30.2 Å². The van der Waals surface area contributed by atoms with Gasteiger partial charge in [0.25, 0.3) is 0 Å². The Kier molecular flexibility index (Phi) is 45.0. The van der Waals surface area contributed by atoms with Crippen molar-refractivity contribution in [3.63, 3.8) is 0 Å². The van der Waals surface area contributed by atoms with E-state index in [0.717, 1.165) is 32.0 Å². The molecule has 0 bridgehead atoms. The van der Waals surface area contributed by atoms with Crippen molar-refractivity contribution in [1.29, 1.82) is 0 Å². The molecule has 5 aliphatic rings. The summed E-state index contributed by atoms with van der Waals surface area (Å²) < 4.78 is 0. The summed E-state index contributed by atoms with van der Waals surface area (Å²) in [5.41, 5.74) is 1.31. The van der Waals surface area contributed by atoms with Crippen molar-refractivity contribution in [2.75, 3.05) is 68.0 Å². The molecule has 0 spiro atoms. The topological polar surface area (TPSA) is 494 Å². The number of likely N-dealkylation sites (N-methyl/N-ethyl adjacent to an activating group) is 5. The van der Waals surface area contributed by atoms with Gasteiger partial charge in [-0.05, 0) is 172 Å². The molecule has 10 amide bonds. The molecule has 36 heteroatoms. The lowest BCUT2D eigenvalue weighted by Crippen LogP contribution is -2.58. The molecule has 9 rings (SSSR count). The number of ketones is 5. The van der Waals surface area contributed by atoms with E-state index in [2.05, 4.69) is 53.2 Å². The second kappa shape index (κ2) is 52.3. The molecular formula is C104H163N15O20S. The van der Waals surface area contributed by atoms with Crippen LogP contribution < -0.4 is 53.2 Å². The van der Waals surface area contributed by atoms with Crippen LogP contribution in [0.15, 0.2) is 97.1 Å². The molecule has 15 N–H and O–H groups in total. The first-order chi connectivity index (χ1) is 64.8. The van der Waals surface area contributed by atoms with Crippen molar-refractivity contribution < 1.29 is 97.5 Å².